The maximum Gasteiger partial charge on any atom is 0.182 e. The Morgan fingerprint density at radius 1 is 0.893 bits per heavy atom. The Bertz CT molecular complexity index is 1210. The number of carbonyl (C=O) groups excluding carboxylic acids is 1. The van der Waals surface area contributed by atoms with E-state index in [1.807, 2.05) is 0 Å². The highest BCUT2D eigenvalue weighted by Gasteiger charge is 2.03. The SMILES string of the molecule is [2H]C([2H])([2H])Oc1cc(C=CC(O)=CC(=O)C=Cc2ccc(OC([2H])([2H])[2H])c(OC([2H])([2H])[2H])c2)ccc1O. The zero-order valence-corrected chi connectivity index (χ0v) is 14.4. The van der Waals surface area contributed by atoms with Crippen molar-refractivity contribution in [3.05, 3.63) is 71.5 Å². The fourth-order valence-corrected chi connectivity index (χ4v) is 2.11. The van der Waals surface area contributed by atoms with Crippen LogP contribution in [0.5, 0.6) is 23.0 Å². The van der Waals surface area contributed by atoms with Crippen LogP contribution < -0.4 is 14.2 Å². The second-order valence-electron chi connectivity index (χ2n) is 5.38. The van der Waals surface area contributed by atoms with Crippen molar-refractivity contribution in [2.24, 2.45) is 0 Å². The summed E-state index contributed by atoms with van der Waals surface area (Å²) < 4.78 is 78.8. The van der Waals surface area contributed by atoms with E-state index >= 15 is 0 Å². The Balaban J connectivity index is 2.16. The molecule has 0 aliphatic carbocycles. The maximum atomic E-state index is 12.2. The number of hydrogen-bond acceptors (Lipinski definition) is 6. The highest BCUT2D eigenvalue weighted by molar-refractivity contribution is 6.02. The number of aliphatic hydroxyl groups excluding tert-OH is 1. The molecule has 0 amide bonds. The first-order chi connectivity index (χ1) is 16.9. The second kappa shape index (κ2) is 9.87. The van der Waals surface area contributed by atoms with E-state index in [4.69, 9.17) is 21.8 Å². The molecule has 2 N–H and O–H groups in total. The third-order valence-corrected chi connectivity index (χ3v) is 3.46. The van der Waals surface area contributed by atoms with Crippen molar-refractivity contribution in [1.82, 2.24) is 0 Å². The predicted molar refractivity (Wildman–Crippen MR) is 108 cm³/mol. The van der Waals surface area contributed by atoms with Gasteiger partial charge in [-0.25, -0.2) is 0 Å². The number of ketones is 1. The molecule has 0 aliphatic rings. The molecule has 0 atom stereocenters. The summed E-state index contributed by atoms with van der Waals surface area (Å²) in [5.74, 6) is -2.48. The molecule has 28 heavy (non-hydrogen) atoms. The van der Waals surface area contributed by atoms with E-state index in [0.29, 0.717) is 5.56 Å². The first-order valence-electron chi connectivity index (χ1n) is 12.3. The van der Waals surface area contributed by atoms with Crippen molar-refractivity contribution in [2.45, 2.75) is 0 Å². The fraction of sp³-hybridized carbons (Fsp3) is 0.136. The first kappa shape index (κ1) is 11.2. The number of phenolic OH excluding ortho intramolecular Hbond substituents is 1. The molecule has 0 heterocycles. The van der Waals surface area contributed by atoms with Gasteiger partial charge in [-0.3, -0.25) is 4.79 Å². The fourth-order valence-electron chi connectivity index (χ4n) is 2.11. The average Bonchev–Trinajstić information content (AvgIpc) is 2.71. The quantitative estimate of drug-likeness (QED) is 0.399. The van der Waals surface area contributed by atoms with Crippen LogP contribution in [0.15, 0.2) is 60.4 Å². The molecule has 6 nitrogen and oxygen atoms in total. The van der Waals surface area contributed by atoms with Gasteiger partial charge in [0.1, 0.15) is 5.76 Å². The molecule has 146 valence electrons. The number of phenols is 1. The van der Waals surface area contributed by atoms with Gasteiger partial charge < -0.3 is 24.4 Å². The molecule has 0 saturated carbocycles. The number of carbonyl (C=O) groups is 1. The van der Waals surface area contributed by atoms with E-state index in [9.17, 15) is 15.0 Å². The summed E-state index contributed by atoms with van der Waals surface area (Å²) in [6, 6.07) is 7.57. The lowest BCUT2D eigenvalue weighted by Crippen LogP contribution is -1.91. The van der Waals surface area contributed by atoms with Crippen molar-refractivity contribution < 1.29 is 41.6 Å². The third kappa shape index (κ3) is 5.67. The van der Waals surface area contributed by atoms with Gasteiger partial charge in [-0.05, 0) is 47.5 Å². The molecule has 2 rings (SSSR count). The molecular weight excluding hydrogens is 360 g/mol. The van der Waals surface area contributed by atoms with Crippen molar-refractivity contribution >= 4 is 17.9 Å². The topological polar surface area (TPSA) is 85.2 Å². The summed E-state index contributed by atoms with van der Waals surface area (Å²) in [6.45, 7) is 0. The van der Waals surface area contributed by atoms with Gasteiger partial charge in [0.2, 0.25) is 0 Å². The highest BCUT2D eigenvalue weighted by atomic mass is 16.5. The van der Waals surface area contributed by atoms with Gasteiger partial charge in [0.05, 0.1) is 33.5 Å². The van der Waals surface area contributed by atoms with Crippen LogP contribution in [0.2, 0.25) is 0 Å². The van der Waals surface area contributed by atoms with Crippen molar-refractivity contribution in [1.29, 1.82) is 0 Å². The van der Waals surface area contributed by atoms with Crippen LogP contribution in [-0.2, 0) is 4.79 Å². The lowest BCUT2D eigenvalue weighted by Gasteiger charge is -2.07. The third-order valence-electron chi connectivity index (χ3n) is 3.46. The van der Waals surface area contributed by atoms with Crippen LogP contribution in [-0.4, -0.2) is 37.1 Å². The number of methoxy groups -OCH3 is 3. The lowest BCUT2D eigenvalue weighted by molar-refractivity contribution is -0.110. The number of benzene rings is 2. The van der Waals surface area contributed by atoms with E-state index in [1.54, 1.807) is 0 Å². The van der Waals surface area contributed by atoms with Gasteiger partial charge in [0, 0.05) is 6.08 Å². The van der Waals surface area contributed by atoms with Gasteiger partial charge in [0.25, 0.3) is 0 Å². The average molecular weight is 391 g/mol. The van der Waals surface area contributed by atoms with Crippen LogP contribution in [0.4, 0.5) is 0 Å². The minimum absolute atomic E-state index is 0.278. The Kier molecular flexibility index (Phi) is 3.96. The van der Waals surface area contributed by atoms with Crippen molar-refractivity contribution in [3.63, 3.8) is 0 Å². The largest absolute Gasteiger partial charge is 0.508 e. The van der Waals surface area contributed by atoms with Crippen LogP contribution in [0.1, 0.15) is 23.5 Å². The summed E-state index contributed by atoms with van der Waals surface area (Å²) in [6.07, 6.45) is 5.71. The van der Waals surface area contributed by atoms with Gasteiger partial charge in [-0.15, -0.1) is 0 Å². The Morgan fingerprint density at radius 3 is 2.25 bits per heavy atom. The van der Waals surface area contributed by atoms with Crippen LogP contribution in [0.3, 0.4) is 0 Å². The second-order valence-corrected chi connectivity index (χ2v) is 5.38. The zero-order chi connectivity index (χ0) is 28.0. The van der Waals surface area contributed by atoms with Crippen LogP contribution in [0.25, 0.3) is 12.2 Å². The predicted octanol–water partition coefficient (Wildman–Crippen LogP) is 4.16. The molecule has 0 unspecified atom stereocenters. The maximum absolute atomic E-state index is 12.2. The normalized spacial score (nSPS) is 17.9. The Morgan fingerprint density at radius 2 is 1.50 bits per heavy atom. The molecule has 0 aliphatic heterocycles. The van der Waals surface area contributed by atoms with E-state index in [2.05, 4.69) is 4.74 Å². The number of hydrogen-bond donors (Lipinski definition) is 2. The van der Waals surface area contributed by atoms with Gasteiger partial charge in [-0.2, -0.15) is 0 Å². The number of ether oxygens (including phenoxy) is 3. The van der Waals surface area contributed by atoms with E-state index in [-0.39, 0.29) is 22.8 Å². The monoisotopic (exact) mass is 391 g/mol. The summed E-state index contributed by atoms with van der Waals surface area (Å²) in [4.78, 5) is 12.2. The molecule has 2 aromatic carbocycles. The number of aromatic hydroxyl groups is 1. The standard InChI is InChI=1S/C22H22O6/c1-26-20-11-7-16(13-22(20)28-3)5-9-18(24)14-17(23)8-4-15-6-10-19(25)21(12-15)27-2/h4-14,23,25H,1-3H3/i1D3,2D3,3D3. The van der Waals surface area contributed by atoms with Crippen molar-refractivity contribution in [2.75, 3.05) is 21.1 Å². The minimum Gasteiger partial charge on any atom is -0.508 e. The van der Waals surface area contributed by atoms with Gasteiger partial charge >= 0.3 is 0 Å². The molecule has 6 heteroatoms. The summed E-state index contributed by atoms with van der Waals surface area (Å²) in [5.41, 5.74) is 0.640. The number of aliphatic hydroxyl groups is 1. The molecule has 0 fully saturated rings. The van der Waals surface area contributed by atoms with Crippen molar-refractivity contribution in [3.8, 4) is 23.0 Å². The van der Waals surface area contributed by atoms with E-state index in [0.717, 1.165) is 18.2 Å². The van der Waals surface area contributed by atoms with Crippen LogP contribution in [0, 0.1) is 0 Å². The molecule has 0 bridgehead atoms. The molecule has 0 saturated heterocycles. The van der Waals surface area contributed by atoms with E-state index in [1.165, 1.54) is 48.6 Å². The summed E-state index contributed by atoms with van der Waals surface area (Å²) in [5, 5.41) is 19.7. The van der Waals surface area contributed by atoms with Gasteiger partial charge in [-0.1, -0.05) is 24.3 Å². The molecule has 2 aromatic rings. The number of rotatable bonds is 8. The Hall–Kier alpha value is -3.67. The molecule has 0 radical (unpaired) electrons. The number of allylic oxidation sites excluding steroid dienone is 3. The summed E-state index contributed by atoms with van der Waals surface area (Å²) >= 11 is 0. The van der Waals surface area contributed by atoms with Crippen LogP contribution >= 0.6 is 0 Å². The summed E-state index contributed by atoms with van der Waals surface area (Å²) in [7, 11) is -8.51. The highest BCUT2D eigenvalue weighted by Crippen LogP contribution is 2.28. The molecular formula is C22H22O6. The first-order valence-corrected chi connectivity index (χ1v) is 7.75. The van der Waals surface area contributed by atoms with E-state index < -0.39 is 38.4 Å². The minimum atomic E-state index is -2.89. The molecule has 0 aromatic heterocycles. The Labute approximate surface area is 176 Å². The van der Waals surface area contributed by atoms with Gasteiger partial charge in [0.15, 0.2) is 28.8 Å². The lowest BCUT2D eigenvalue weighted by atomic mass is 10.1. The molecule has 0 spiro atoms. The smallest absolute Gasteiger partial charge is 0.182 e. The zero-order valence-electron chi connectivity index (χ0n) is 23.4.